The zero-order valence-corrected chi connectivity index (χ0v) is 3.57. The second kappa shape index (κ2) is 2.21. The smallest absolute Gasteiger partial charge is 0.00515 e. The van der Waals surface area contributed by atoms with Crippen LogP contribution in [0.5, 0.6) is 0 Å². The minimum atomic E-state index is 0.412. The monoisotopic (exact) mass is 72.1 g/mol. The Bertz CT molecular complexity index is 17.6. The Morgan fingerprint density at radius 1 is 2.00 bits per heavy atom. The van der Waals surface area contributed by atoms with Crippen molar-refractivity contribution in [2.24, 2.45) is 11.7 Å². The molecule has 1 radical (unpaired) electrons. The largest absolute Gasteiger partial charge is 0.330 e. The van der Waals surface area contributed by atoms with Crippen LogP contribution in [0, 0.1) is 12.8 Å². The highest BCUT2D eigenvalue weighted by atomic mass is 14.5. The molecule has 0 bridgehead atoms. The van der Waals surface area contributed by atoms with Crippen LogP contribution in [0.4, 0.5) is 0 Å². The van der Waals surface area contributed by atoms with Crippen LogP contribution >= 0.6 is 0 Å². The van der Waals surface area contributed by atoms with E-state index in [2.05, 4.69) is 6.92 Å². The van der Waals surface area contributed by atoms with Gasteiger partial charge < -0.3 is 5.73 Å². The fourth-order valence-corrected chi connectivity index (χ4v) is 0. The fraction of sp³-hybridized carbons (Fsp3) is 0.750. The van der Waals surface area contributed by atoms with E-state index in [4.69, 9.17) is 5.73 Å². The van der Waals surface area contributed by atoms with Gasteiger partial charge in [0.2, 0.25) is 0 Å². The predicted octanol–water partition coefficient (Wildman–Crippen LogP) is 0.415. The minimum Gasteiger partial charge on any atom is -0.330 e. The van der Waals surface area contributed by atoms with Crippen LogP contribution < -0.4 is 5.73 Å². The van der Waals surface area contributed by atoms with E-state index in [-0.39, 0.29) is 0 Å². The molecule has 0 aliphatic carbocycles. The van der Waals surface area contributed by atoms with Crippen molar-refractivity contribution in [3.63, 3.8) is 0 Å². The first-order chi connectivity index (χ1) is 2.27. The van der Waals surface area contributed by atoms with Gasteiger partial charge in [-0.15, -0.1) is 0 Å². The Morgan fingerprint density at radius 3 is 2.20 bits per heavy atom. The lowest BCUT2D eigenvalue weighted by atomic mass is 10.2. The Morgan fingerprint density at radius 2 is 2.20 bits per heavy atom. The van der Waals surface area contributed by atoms with Crippen molar-refractivity contribution in [2.45, 2.75) is 6.92 Å². The van der Waals surface area contributed by atoms with E-state index >= 15 is 0 Å². The number of hydrogen-bond acceptors (Lipinski definition) is 1. The minimum absolute atomic E-state index is 0.412. The molecule has 0 aromatic carbocycles. The summed E-state index contributed by atoms with van der Waals surface area (Å²) >= 11 is 0. The molecule has 0 aliphatic heterocycles. The average molecular weight is 72.1 g/mol. The first-order valence-electron chi connectivity index (χ1n) is 1.80. The highest BCUT2D eigenvalue weighted by Crippen LogP contribution is 1.80. The molecule has 1 nitrogen and oxygen atoms in total. The van der Waals surface area contributed by atoms with Crippen LogP contribution in [0.1, 0.15) is 6.92 Å². The molecule has 0 aliphatic rings. The first-order valence-corrected chi connectivity index (χ1v) is 1.80. The lowest BCUT2D eigenvalue weighted by molar-refractivity contribution is 0.736. The van der Waals surface area contributed by atoms with E-state index in [0.717, 1.165) is 0 Å². The zero-order chi connectivity index (χ0) is 4.28. The molecule has 0 fully saturated rings. The standard InChI is InChI=1S/C4H10N/c1-4(2)3-5/h4H,1,3,5H2,2H3/t4-/m0/s1. The van der Waals surface area contributed by atoms with Crippen LogP contribution in [0.15, 0.2) is 0 Å². The van der Waals surface area contributed by atoms with Gasteiger partial charge in [0.1, 0.15) is 0 Å². The van der Waals surface area contributed by atoms with Crippen LogP contribution in [0.25, 0.3) is 0 Å². The molecular formula is C4H10N. The molecule has 0 aromatic rings. The number of nitrogens with two attached hydrogens (primary N) is 1. The van der Waals surface area contributed by atoms with Crippen molar-refractivity contribution in [3.8, 4) is 0 Å². The Balaban J connectivity index is 2.54. The summed E-state index contributed by atoms with van der Waals surface area (Å²) in [5.74, 6) is 0.412. The zero-order valence-electron chi connectivity index (χ0n) is 3.57. The number of rotatable bonds is 1. The quantitative estimate of drug-likeness (QED) is 0.477. The second-order valence-electron chi connectivity index (χ2n) is 1.34. The van der Waals surface area contributed by atoms with E-state index in [1.54, 1.807) is 0 Å². The summed E-state index contributed by atoms with van der Waals surface area (Å²) in [6.07, 6.45) is 0. The van der Waals surface area contributed by atoms with Gasteiger partial charge in [0.15, 0.2) is 0 Å². The van der Waals surface area contributed by atoms with Gasteiger partial charge in [0.05, 0.1) is 0 Å². The molecule has 0 saturated heterocycles. The summed E-state index contributed by atoms with van der Waals surface area (Å²) in [5, 5.41) is 0. The Kier molecular flexibility index (Phi) is 2.19. The van der Waals surface area contributed by atoms with E-state index in [1.807, 2.05) is 6.92 Å². The van der Waals surface area contributed by atoms with Gasteiger partial charge in [0, 0.05) is 0 Å². The molecule has 1 heteroatoms. The molecule has 1 atom stereocenters. The third kappa shape index (κ3) is 3.96. The predicted molar refractivity (Wildman–Crippen MR) is 23.6 cm³/mol. The molecule has 0 spiro atoms. The molecule has 0 rings (SSSR count). The Labute approximate surface area is 33.2 Å². The van der Waals surface area contributed by atoms with Crippen molar-refractivity contribution in [2.75, 3.05) is 6.54 Å². The van der Waals surface area contributed by atoms with Crippen molar-refractivity contribution < 1.29 is 0 Å². The van der Waals surface area contributed by atoms with Crippen molar-refractivity contribution >= 4 is 0 Å². The van der Waals surface area contributed by atoms with Gasteiger partial charge >= 0.3 is 0 Å². The number of hydrogen-bond donors (Lipinski definition) is 1. The maximum absolute atomic E-state index is 5.11. The van der Waals surface area contributed by atoms with Crippen molar-refractivity contribution in [1.29, 1.82) is 0 Å². The third-order valence-corrected chi connectivity index (χ3v) is 0.402. The van der Waals surface area contributed by atoms with E-state index in [0.29, 0.717) is 12.5 Å². The molecule has 0 aromatic heterocycles. The molecule has 5 heavy (non-hydrogen) atoms. The molecule has 0 unspecified atom stereocenters. The third-order valence-electron chi connectivity index (χ3n) is 0.402. The van der Waals surface area contributed by atoms with Gasteiger partial charge in [0.25, 0.3) is 0 Å². The van der Waals surface area contributed by atoms with Crippen molar-refractivity contribution in [3.05, 3.63) is 6.92 Å². The average Bonchev–Trinajstić information content (AvgIpc) is 1.38. The molecule has 2 N–H and O–H groups in total. The molecule has 0 heterocycles. The van der Waals surface area contributed by atoms with Gasteiger partial charge in [-0.25, -0.2) is 0 Å². The van der Waals surface area contributed by atoms with Gasteiger partial charge in [-0.2, -0.15) is 0 Å². The van der Waals surface area contributed by atoms with Crippen LogP contribution in [-0.2, 0) is 0 Å². The normalized spacial score (nSPS) is 9.60. The highest BCUT2D eigenvalue weighted by molar-refractivity contribution is 4.50. The Hall–Kier alpha value is -0.0400. The van der Waals surface area contributed by atoms with Crippen LogP contribution in [0.3, 0.4) is 0 Å². The molecular weight excluding hydrogens is 62.1 g/mol. The lowest BCUT2D eigenvalue weighted by Crippen LogP contribution is -2.05. The molecule has 31 valence electrons. The summed E-state index contributed by atoms with van der Waals surface area (Å²) < 4.78 is 0. The SMILES string of the molecule is [CH2][C@@H](C)CN. The molecule has 0 amide bonds. The lowest BCUT2D eigenvalue weighted by Gasteiger charge is -1.90. The van der Waals surface area contributed by atoms with Gasteiger partial charge in [-0.05, 0) is 19.4 Å². The highest BCUT2D eigenvalue weighted by Gasteiger charge is 1.80. The van der Waals surface area contributed by atoms with E-state index < -0.39 is 0 Å². The van der Waals surface area contributed by atoms with Gasteiger partial charge in [-0.1, -0.05) is 6.92 Å². The summed E-state index contributed by atoms with van der Waals surface area (Å²) in [5.41, 5.74) is 5.11. The first kappa shape index (κ1) is 4.96. The maximum Gasteiger partial charge on any atom is -0.00515 e. The van der Waals surface area contributed by atoms with E-state index in [1.165, 1.54) is 0 Å². The van der Waals surface area contributed by atoms with Crippen LogP contribution in [-0.4, -0.2) is 6.54 Å². The second-order valence-corrected chi connectivity index (χ2v) is 1.34. The summed E-state index contributed by atoms with van der Waals surface area (Å²) in [6.45, 7) is 6.31. The maximum atomic E-state index is 5.11. The summed E-state index contributed by atoms with van der Waals surface area (Å²) in [4.78, 5) is 0. The van der Waals surface area contributed by atoms with E-state index in [9.17, 15) is 0 Å². The summed E-state index contributed by atoms with van der Waals surface area (Å²) in [7, 11) is 0. The van der Waals surface area contributed by atoms with Crippen molar-refractivity contribution in [1.82, 2.24) is 0 Å². The molecule has 0 saturated carbocycles. The van der Waals surface area contributed by atoms with Gasteiger partial charge in [-0.3, -0.25) is 0 Å². The summed E-state index contributed by atoms with van der Waals surface area (Å²) in [6, 6.07) is 0. The fourth-order valence-electron chi connectivity index (χ4n) is 0. The topological polar surface area (TPSA) is 26.0 Å². The van der Waals surface area contributed by atoms with Crippen LogP contribution in [0.2, 0.25) is 0 Å².